The maximum absolute atomic E-state index is 10.6. The van der Waals surface area contributed by atoms with Gasteiger partial charge in [0, 0.05) is 0 Å². The highest BCUT2D eigenvalue weighted by Crippen LogP contribution is 1.87. The smallest absolute Gasteiger partial charge is 0.322 e. The first-order valence-electron chi connectivity index (χ1n) is 3.14. The first-order valence-corrected chi connectivity index (χ1v) is 3.14. The van der Waals surface area contributed by atoms with E-state index in [1.807, 2.05) is 7.85 Å². The van der Waals surface area contributed by atoms with Crippen LogP contribution >= 0.6 is 0 Å². The zero-order valence-electron chi connectivity index (χ0n) is 5.89. The van der Waals surface area contributed by atoms with Crippen molar-refractivity contribution >= 4 is 13.8 Å². The van der Waals surface area contributed by atoms with Crippen LogP contribution in [0.4, 0.5) is 0 Å². The zero-order valence-corrected chi connectivity index (χ0v) is 5.89. The van der Waals surface area contributed by atoms with Crippen molar-refractivity contribution in [2.24, 2.45) is 5.73 Å². The normalized spacial score (nSPS) is 12.7. The fourth-order valence-electron chi connectivity index (χ4n) is 0.416. The molecule has 1 atom stereocenters. The molecule has 52 valence electrons. The van der Waals surface area contributed by atoms with E-state index in [2.05, 4.69) is 4.74 Å². The average molecular weight is 129 g/mol. The Kier molecular flexibility index (Phi) is 4.14. The molecule has 3 nitrogen and oxygen atoms in total. The molecule has 0 aliphatic rings. The highest BCUT2D eigenvalue weighted by molar-refractivity contribution is 6.10. The van der Waals surface area contributed by atoms with Crippen LogP contribution in [0.1, 0.15) is 6.92 Å². The quantitative estimate of drug-likeness (QED) is 0.389. The molecule has 0 aromatic rings. The Bertz CT molecular complexity index is 97.0. The molecule has 4 heteroatoms. The molecule has 0 aliphatic carbocycles. The van der Waals surface area contributed by atoms with Crippen LogP contribution < -0.4 is 5.73 Å². The zero-order chi connectivity index (χ0) is 7.28. The van der Waals surface area contributed by atoms with Crippen LogP contribution in [-0.4, -0.2) is 26.5 Å². The van der Waals surface area contributed by atoms with Gasteiger partial charge in [0.1, 0.15) is 7.85 Å². The van der Waals surface area contributed by atoms with Crippen molar-refractivity contribution in [1.82, 2.24) is 0 Å². The molecule has 0 spiro atoms. The van der Waals surface area contributed by atoms with E-state index in [-0.39, 0.29) is 5.97 Å². The third-order valence-electron chi connectivity index (χ3n) is 1.03. The van der Waals surface area contributed by atoms with Gasteiger partial charge in [0.25, 0.3) is 0 Å². The molecule has 0 aliphatic heterocycles. The Balaban J connectivity index is 3.46. The lowest BCUT2D eigenvalue weighted by Gasteiger charge is -2.05. The molecule has 0 amide bonds. The minimum atomic E-state index is -0.440. The van der Waals surface area contributed by atoms with E-state index < -0.39 is 6.04 Å². The van der Waals surface area contributed by atoms with Gasteiger partial charge in [-0.15, -0.1) is 0 Å². The Morgan fingerprint density at radius 1 is 1.89 bits per heavy atom. The van der Waals surface area contributed by atoms with Crippen molar-refractivity contribution in [3.8, 4) is 0 Å². The molecule has 0 heterocycles. The second kappa shape index (κ2) is 4.38. The van der Waals surface area contributed by atoms with Gasteiger partial charge >= 0.3 is 5.97 Å². The number of carbonyl (C=O) groups is 1. The van der Waals surface area contributed by atoms with Crippen LogP contribution in [0.25, 0.3) is 0 Å². The van der Waals surface area contributed by atoms with Crippen molar-refractivity contribution in [2.45, 2.75) is 19.3 Å². The molecular formula is C5H12BNO2. The minimum Gasteiger partial charge on any atom is -0.465 e. The highest BCUT2D eigenvalue weighted by Gasteiger charge is 2.09. The summed E-state index contributed by atoms with van der Waals surface area (Å²) in [5.41, 5.74) is 5.33. The predicted octanol–water partition coefficient (Wildman–Crippen LogP) is -1.07. The Morgan fingerprint density at radius 2 is 2.44 bits per heavy atom. The molecule has 0 aromatic heterocycles. The van der Waals surface area contributed by atoms with E-state index in [1.165, 1.54) is 0 Å². The van der Waals surface area contributed by atoms with Gasteiger partial charge in [-0.2, -0.15) is 0 Å². The minimum absolute atomic E-state index is 0.306. The standard InChI is InChI=1S/C5H12BNO2/c1-2-9-5(8)4(7)3-6/h4H,2-3,6-7H2,1H3. The first-order chi connectivity index (χ1) is 4.22. The van der Waals surface area contributed by atoms with Gasteiger partial charge in [-0.05, 0) is 6.92 Å². The van der Waals surface area contributed by atoms with Crippen LogP contribution in [-0.2, 0) is 9.53 Å². The monoisotopic (exact) mass is 129 g/mol. The lowest BCUT2D eigenvalue weighted by atomic mass is 9.98. The number of nitrogens with two attached hydrogens (primary N) is 1. The summed E-state index contributed by atoms with van der Waals surface area (Å²) in [6.45, 7) is 2.17. The number of ether oxygens (including phenoxy) is 1. The highest BCUT2D eigenvalue weighted by atomic mass is 16.5. The molecule has 0 saturated carbocycles. The number of hydrogen-bond donors (Lipinski definition) is 1. The lowest BCUT2D eigenvalue weighted by molar-refractivity contribution is -0.144. The van der Waals surface area contributed by atoms with Crippen LogP contribution in [0.3, 0.4) is 0 Å². The molecule has 0 saturated heterocycles. The van der Waals surface area contributed by atoms with E-state index in [9.17, 15) is 4.79 Å². The first kappa shape index (κ1) is 8.49. The third kappa shape index (κ3) is 3.14. The largest absolute Gasteiger partial charge is 0.465 e. The predicted molar refractivity (Wildman–Crippen MR) is 38.0 cm³/mol. The van der Waals surface area contributed by atoms with E-state index in [0.717, 1.165) is 0 Å². The summed E-state index contributed by atoms with van der Waals surface area (Å²) in [6, 6.07) is -0.440. The van der Waals surface area contributed by atoms with Gasteiger partial charge in [-0.25, -0.2) is 0 Å². The maximum Gasteiger partial charge on any atom is 0.322 e. The Hall–Kier alpha value is -0.505. The molecule has 0 rings (SSSR count). The van der Waals surface area contributed by atoms with Gasteiger partial charge in [0.05, 0.1) is 12.6 Å². The van der Waals surface area contributed by atoms with Gasteiger partial charge in [-0.1, -0.05) is 6.32 Å². The molecule has 2 N–H and O–H groups in total. The van der Waals surface area contributed by atoms with Crippen molar-refractivity contribution in [2.75, 3.05) is 6.61 Å². The Morgan fingerprint density at radius 3 is 2.78 bits per heavy atom. The van der Waals surface area contributed by atoms with Crippen LogP contribution in [0.15, 0.2) is 0 Å². The summed E-state index contributed by atoms with van der Waals surface area (Å²) in [5.74, 6) is -0.306. The summed E-state index contributed by atoms with van der Waals surface area (Å²) in [7, 11) is 1.85. The lowest BCUT2D eigenvalue weighted by Crippen LogP contribution is -2.31. The fourth-order valence-corrected chi connectivity index (χ4v) is 0.416. The number of esters is 1. The Labute approximate surface area is 56.0 Å². The molecule has 0 aromatic carbocycles. The summed E-state index contributed by atoms with van der Waals surface area (Å²) in [6.07, 6.45) is 0.638. The second-order valence-corrected chi connectivity index (χ2v) is 1.77. The fraction of sp³-hybridized carbons (Fsp3) is 0.800. The van der Waals surface area contributed by atoms with E-state index in [4.69, 9.17) is 5.73 Å². The molecular weight excluding hydrogens is 117 g/mol. The number of rotatable bonds is 3. The number of carbonyl (C=O) groups excluding carboxylic acids is 1. The van der Waals surface area contributed by atoms with Gasteiger partial charge in [-0.3, -0.25) is 4.79 Å². The molecule has 0 bridgehead atoms. The number of hydrogen-bond acceptors (Lipinski definition) is 3. The van der Waals surface area contributed by atoms with Crippen LogP contribution in [0, 0.1) is 0 Å². The van der Waals surface area contributed by atoms with Gasteiger partial charge in [0.2, 0.25) is 0 Å². The molecule has 9 heavy (non-hydrogen) atoms. The van der Waals surface area contributed by atoms with Crippen molar-refractivity contribution in [3.63, 3.8) is 0 Å². The van der Waals surface area contributed by atoms with E-state index in [1.54, 1.807) is 6.92 Å². The van der Waals surface area contributed by atoms with Crippen LogP contribution in [0.5, 0.6) is 0 Å². The van der Waals surface area contributed by atoms with Gasteiger partial charge < -0.3 is 10.5 Å². The molecule has 0 fully saturated rings. The maximum atomic E-state index is 10.6. The van der Waals surface area contributed by atoms with Crippen molar-refractivity contribution < 1.29 is 9.53 Å². The third-order valence-corrected chi connectivity index (χ3v) is 1.03. The molecule has 0 radical (unpaired) electrons. The SMILES string of the molecule is BCC(N)C(=O)OCC. The topological polar surface area (TPSA) is 52.3 Å². The summed E-state index contributed by atoms with van der Waals surface area (Å²) in [4.78, 5) is 10.6. The van der Waals surface area contributed by atoms with Crippen LogP contribution in [0.2, 0.25) is 6.32 Å². The summed E-state index contributed by atoms with van der Waals surface area (Å²) >= 11 is 0. The van der Waals surface area contributed by atoms with Crippen molar-refractivity contribution in [1.29, 1.82) is 0 Å². The van der Waals surface area contributed by atoms with Gasteiger partial charge in [0.15, 0.2) is 0 Å². The van der Waals surface area contributed by atoms with E-state index in [0.29, 0.717) is 12.9 Å². The summed E-state index contributed by atoms with van der Waals surface area (Å²) < 4.78 is 4.63. The molecule has 1 unspecified atom stereocenters. The average Bonchev–Trinajstić information content (AvgIpc) is 1.87. The summed E-state index contributed by atoms with van der Waals surface area (Å²) in [5, 5.41) is 0. The second-order valence-electron chi connectivity index (χ2n) is 1.77. The van der Waals surface area contributed by atoms with Crippen molar-refractivity contribution in [3.05, 3.63) is 0 Å². The van der Waals surface area contributed by atoms with E-state index >= 15 is 0 Å².